The lowest BCUT2D eigenvalue weighted by Gasteiger charge is -2.38. The van der Waals surface area contributed by atoms with Gasteiger partial charge in [-0.2, -0.15) is 4.31 Å². The number of hydrogen-bond acceptors (Lipinski definition) is 3. The molecule has 6 nitrogen and oxygen atoms in total. The van der Waals surface area contributed by atoms with Crippen LogP contribution in [0.4, 0.5) is 4.79 Å². The van der Waals surface area contributed by atoms with E-state index in [-0.39, 0.29) is 12.1 Å². The Kier molecular flexibility index (Phi) is 5.87. The van der Waals surface area contributed by atoms with Crippen LogP contribution >= 0.6 is 0 Å². The number of nitrogens with zero attached hydrogens (tertiary/aromatic N) is 2. The van der Waals surface area contributed by atoms with E-state index in [4.69, 9.17) is 0 Å². The first kappa shape index (κ1) is 19.9. The summed E-state index contributed by atoms with van der Waals surface area (Å²) < 4.78 is 27.0. The molecule has 1 saturated carbocycles. The molecule has 0 radical (unpaired) electrons. The number of hydrogen-bond donors (Lipinski definition) is 1. The van der Waals surface area contributed by atoms with Crippen LogP contribution in [0.1, 0.15) is 30.9 Å². The smallest absolute Gasteiger partial charge is 0.317 e. The fourth-order valence-electron chi connectivity index (χ4n) is 4.00. The molecule has 1 aliphatic carbocycles. The second-order valence-corrected chi connectivity index (χ2v) is 9.67. The van der Waals surface area contributed by atoms with Crippen LogP contribution in [0.2, 0.25) is 0 Å². The average molecular weight is 414 g/mol. The largest absolute Gasteiger partial charge is 0.331 e. The van der Waals surface area contributed by atoms with E-state index in [2.05, 4.69) is 17.4 Å². The number of urea groups is 1. The average Bonchev–Trinajstić information content (AvgIpc) is 2.73. The van der Waals surface area contributed by atoms with Crippen molar-refractivity contribution in [2.45, 2.75) is 30.2 Å². The summed E-state index contributed by atoms with van der Waals surface area (Å²) in [6.45, 7) is 1.41. The zero-order valence-corrected chi connectivity index (χ0v) is 17.2. The van der Waals surface area contributed by atoms with E-state index < -0.39 is 10.0 Å². The van der Waals surface area contributed by atoms with Crippen molar-refractivity contribution < 1.29 is 13.2 Å². The molecule has 1 aliphatic heterocycles. The van der Waals surface area contributed by atoms with Crippen molar-refractivity contribution in [3.8, 4) is 0 Å². The normalized spacial score (nSPS) is 19.4. The molecule has 0 aromatic heterocycles. The monoisotopic (exact) mass is 413 g/mol. The van der Waals surface area contributed by atoms with Crippen molar-refractivity contribution >= 4 is 16.1 Å². The standard InChI is InChI=1S/C22H27N3O3S/c26-22(23-21(19-10-7-11-19)18-8-3-1-4-9-18)24-14-16-25(17-15-24)29(27,28)20-12-5-2-6-13-20/h1-6,8-9,12-13,19,21H,7,10-11,14-17H2,(H,23,26). The Bertz CT molecular complexity index is 922. The molecule has 7 heteroatoms. The number of rotatable bonds is 5. The summed E-state index contributed by atoms with van der Waals surface area (Å²) in [5.41, 5.74) is 1.14. The lowest BCUT2D eigenvalue weighted by Crippen LogP contribution is -2.54. The van der Waals surface area contributed by atoms with E-state index >= 15 is 0 Å². The van der Waals surface area contributed by atoms with Crippen molar-refractivity contribution in [2.75, 3.05) is 26.2 Å². The molecule has 1 heterocycles. The molecule has 0 spiro atoms. The van der Waals surface area contributed by atoms with E-state index in [1.165, 1.54) is 10.7 Å². The zero-order valence-electron chi connectivity index (χ0n) is 16.4. The summed E-state index contributed by atoms with van der Waals surface area (Å²) in [5.74, 6) is 0.473. The van der Waals surface area contributed by atoms with Gasteiger partial charge in [-0.15, -0.1) is 0 Å². The Morgan fingerprint density at radius 2 is 1.48 bits per heavy atom. The Labute approximate surface area is 172 Å². The maximum Gasteiger partial charge on any atom is 0.317 e. The van der Waals surface area contributed by atoms with E-state index in [0.717, 1.165) is 18.4 Å². The number of benzene rings is 2. The molecule has 0 bridgehead atoms. The fourth-order valence-corrected chi connectivity index (χ4v) is 5.45. The van der Waals surface area contributed by atoms with Crippen LogP contribution < -0.4 is 5.32 Å². The lowest BCUT2D eigenvalue weighted by atomic mass is 9.77. The molecule has 2 amide bonds. The first-order valence-electron chi connectivity index (χ1n) is 10.2. The van der Waals surface area contributed by atoms with Gasteiger partial charge in [-0.1, -0.05) is 55.0 Å². The van der Waals surface area contributed by atoms with Crippen LogP contribution in [0.15, 0.2) is 65.6 Å². The van der Waals surface area contributed by atoms with Crippen LogP contribution in [-0.2, 0) is 10.0 Å². The molecule has 1 N–H and O–H groups in total. The molecule has 2 aromatic rings. The third kappa shape index (κ3) is 4.31. The molecule has 154 valence electrons. The van der Waals surface area contributed by atoms with E-state index in [9.17, 15) is 13.2 Å². The van der Waals surface area contributed by atoms with Crippen LogP contribution in [0, 0.1) is 5.92 Å². The van der Waals surface area contributed by atoms with Crippen molar-refractivity contribution in [1.82, 2.24) is 14.5 Å². The van der Waals surface area contributed by atoms with Gasteiger partial charge in [-0.05, 0) is 36.5 Å². The summed E-state index contributed by atoms with van der Waals surface area (Å²) >= 11 is 0. The molecule has 29 heavy (non-hydrogen) atoms. The van der Waals surface area contributed by atoms with Gasteiger partial charge in [-0.3, -0.25) is 0 Å². The van der Waals surface area contributed by atoms with E-state index in [1.54, 1.807) is 35.2 Å². The van der Waals surface area contributed by atoms with Gasteiger partial charge < -0.3 is 10.2 Å². The minimum Gasteiger partial charge on any atom is -0.331 e. The molecule has 1 unspecified atom stereocenters. The Balaban J connectivity index is 1.38. The van der Waals surface area contributed by atoms with Crippen LogP contribution in [0.5, 0.6) is 0 Å². The van der Waals surface area contributed by atoms with E-state index in [0.29, 0.717) is 37.0 Å². The van der Waals surface area contributed by atoms with Crippen LogP contribution in [-0.4, -0.2) is 49.8 Å². The highest BCUT2D eigenvalue weighted by Gasteiger charge is 2.33. The van der Waals surface area contributed by atoms with Gasteiger partial charge in [0.15, 0.2) is 0 Å². The number of carbonyl (C=O) groups is 1. The summed E-state index contributed by atoms with van der Waals surface area (Å²) in [5, 5.41) is 3.21. The van der Waals surface area contributed by atoms with Crippen LogP contribution in [0.3, 0.4) is 0 Å². The first-order valence-corrected chi connectivity index (χ1v) is 11.7. The van der Waals surface area contributed by atoms with Gasteiger partial charge >= 0.3 is 6.03 Å². The molecule has 2 aliphatic rings. The molecular formula is C22H27N3O3S. The van der Waals surface area contributed by atoms with Crippen molar-refractivity contribution in [3.05, 3.63) is 66.2 Å². The Morgan fingerprint density at radius 3 is 2.03 bits per heavy atom. The highest BCUT2D eigenvalue weighted by atomic mass is 32.2. The lowest BCUT2D eigenvalue weighted by molar-refractivity contribution is 0.156. The molecule has 4 rings (SSSR count). The Morgan fingerprint density at radius 1 is 0.897 bits per heavy atom. The quantitative estimate of drug-likeness (QED) is 0.818. The number of carbonyl (C=O) groups excluding carboxylic acids is 1. The summed E-state index contributed by atoms with van der Waals surface area (Å²) in [7, 11) is -3.51. The van der Waals surface area contributed by atoms with Gasteiger partial charge in [0, 0.05) is 26.2 Å². The van der Waals surface area contributed by atoms with Gasteiger partial charge in [0.2, 0.25) is 10.0 Å². The minimum absolute atomic E-state index is 0.0172. The summed E-state index contributed by atoms with van der Waals surface area (Å²) in [6, 6.07) is 18.5. The van der Waals surface area contributed by atoms with Crippen molar-refractivity contribution in [2.24, 2.45) is 5.92 Å². The molecule has 1 atom stereocenters. The molecule has 1 saturated heterocycles. The Hall–Kier alpha value is -2.38. The van der Waals surface area contributed by atoms with Crippen molar-refractivity contribution in [1.29, 1.82) is 0 Å². The number of amides is 2. The minimum atomic E-state index is -3.51. The van der Waals surface area contributed by atoms with Gasteiger partial charge in [0.1, 0.15) is 0 Å². The number of sulfonamides is 1. The second-order valence-electron chi connectivity index (χ2n) is 7.73. The molecule has 2 fully saturated rings. The van der Waals surface area contributed by atoms with Gasteiger partial charge in [0.05, 0.1) is 10.9 Å². The summed E-state index contributed by atoms with van der Waals surface area (Å²) in [6.07, 6.45) is 3.46. The predicted octanol–water partition coefficient (Wildman–Crippen LogP) is 3.24. The van der Waals surface area contributed by atoms with E-state index in [1.807, 2.05) is 18.2 Å². The van der Waals surface area contributed by atoms with Crippen molar-refractivity contribution in [3.63, 3.8) is 0 Å². The van der Waals surface area contributed by atoms with Crippen LogP contribution in [0.25, 0.3) is 0 Å². The third-order valence-corrected chi connectivity index (χ3v) is 7.88. The first-order chi connectivity index (χ1) is 14.1. The topological polar surface area (TPSA) is 69.7 Å². The highest BCUT2D eigenvalue weighted by Crippen LogP contribution is 2.37. The van der Waals surface area contributed by atoms with Gasteiger partial charge in [0.25, 0.3) is 0 Å². The van der Waals surface area contributed by atoms with Gasteiger partial charge in [-0.25, -0.2) is 13.2 Å². The SMILES string of the molecule is O=C(NC(c1ccccc1)C1CCC1)N1CCN(S(=O)(=O)c2ccccc2)CC1. The maximum absolute atomic E-state index is 12.9. The summed E-state index contributed by atoms with van der Waals surface area (Å²) in [4.78, 5) is 14.9. The molecule has 2 aromatic carbocycles. The molecular weight excluding hydrogens is 386 g/mol. The number of piperazine rings is 1. The predicted molar refractivity (Wildman–Crippen MR) is 112 cm³/mol. The zero-order chi connectivity index (χ0) is 20.3. The maximum atomic E-state index is 12.9. The fraction of sp³-hybridized carbons (Fsp3) is 0.409. The number of nitrogens with one attached hydrogen (secondary N) is 1. The highest BCUT2D eigenvalue weighted by molar-refractivity contribution is 7.89. The third-order valence-electron chi connectivity index (χ3n) is 5.97. The second kappa shape index (κ2) is 8.55.